The molecule has 1 radical (unpaired) electrons. The van der Waals surface area contributed by atoms with Crippen molar-refractivity contribution in [3.05, 3.63) is 88.7 Å². The minimum atomic E-state index is -0.417. The van der Waals surface area contributed by atoms with Crippen molar-refractivity contribution < 1.29 is 30.0 Å². The summed E-state index contributed by atoms with van der Waals surface area (Å²) >= 11 is 0. The summed E-state index contributed by atoms with van der Waals surface area (Å²) in [5, 5.41) is 13.4. The molecule has 3 nitrogen and oxygen atoms in total. The largest absolute Gasteiger partial charge is 0.512 e. The molecular weight excluding hydrogens is 791 g/mol. The van der Waals surface area contributed by atoms with Crippen LogP contribution in [0.3, 0.4) is 0 Å². The molecule has 0 bridgehead atoms. The van der Waals surface area contributed by atoms with Gasteiger partial charge in [0.25, 0.3) is 0 Å². The molecule has 5 rings (SSSR count). The molecule has 1 fully saturated rings. The van der Waals surface area contributed by atoms with E-state index in [9.17, 15) is 9.90 Å². The Morgan fingerprint density at radius 1 is 0.860 bits per heavy atom. The maximum absolute atomic E-state index is 11.5. The summed E-state index contributed by atoms with van der Waals surface area (Å²) < 4.78 is 0. The van der Waals surface area contributed by atoms with E-state index in [1.807, 2.05) is 41.5 Å². The van der Waals surface area contributed by atoms with Gasteiger partial charge in [-0.3, -0.25) is 9.78 Å². The molecule has 1 saturated carbocycles. The zero-order valence-corrected chi connectivity index (χ0v) is 35.9. The number of allylic oxidation sites excluding steroid dienone is 2. The first-order valence-electron chi connectivity index (χ1n) is 18.1. The Kier molecular flexibility index (Phi) is 12.2. The van der Waals surface area contributed by atoms with Crippen molar-refractivity contribution in [3.8, 4) is 11.3 Å². The molecule has 1 aliphatic rings. The number of hydrogen-bond acceptors (Lipinski definition) is 3. The molecule has 3 aromatic carbocycles. The van der Waals surface area contributed by atoms with Crippen molar-refractivity contribution in [2.75, 3.05) is 0 Å². The number of hydrogen-bond donors (Lipinski definition) is 1. The summed E-state index contributed by atoms with van der Waals surface area (Å²) in [6.07, 6.45) is 5.05. The van der Waals surface area contributed by atoms with Gasteiger partial charge in [0, 0.05) is 48.1 Å². The first kappa shape index (κ1) is 41.6. The molecule has 0 amide bonds. The minimum Gasteiger partial charge on any atom is -0.512 e. The van der Waals surface area contributed by atoms with E-state index in [1.165, 1.54) is 63.8 Å². The number of nitrogens with zero attached hydrogens (tertiary/aromatic N) is 1. The zero-order valence-electron chi connectivity index (χ0n) is 33.5. The average Bonchev–Trinajstić information content (AvgIpc) is 2.93. The van der Waals surface area contributed by atoms with E-state index >= 15 is 0 Å². The predicted molar refractivity (Wildman–Crippen MR) is 210 cm³/mol. The van der Waals surface area contributed by atoms with Gasteiger partial charge in [0.1, 0.15) is 5.76 Å². The molecule has 1 heterocycles. The van der Waals surface area contributed by atoms with E-state index in [0.29, 0.717) is 16.7 Å². The molecule has 0 aliphatic heterocycles. The number of fused-ring (bicyclic) bond motifs is 2. The molecule has 4 aromatic rings. The van der Waals surface area contributed by atoms with Crippen molar-refractivity contribution in [3.63, 3.8) is 0 Å². The van der Waals surface area contributed by atoms with E-state index in [2.05, 4.69) is 117 Å². The maximum atomic E-state index is 11.5. The Hall–Kier alpha value is -2.81. The van der Waals surface area contributed by atoms with Crippen molar-refractivity contribution in [1.82, 2.24) is 4.98 Å². The Morgan fingerprint density at radius 3 is 1.98 bits per heavy atom. The molecule has 1 aliphatic carbocycles. The Morgan fingerprint density at radius 2 is 1.44 bits per heavy atom. The second kappa shape index (κ2) is 14.7. The molecule has 50 heavy (non-hydrogen) atoms. The number of aromatic nitrogens is 1. The van der Waals surface area contributed by atoms with Crippen molar-refractivity contribution in [2.45, 2.75) is 134 Å². The molecule has 4 heteroatoms. The normalized spacial score (nSPS) is 16.8. The smallest absolute Gasteiger partial charge is 0.164 e. The third kappa shape index (κ3) is 9.95. The van der Waals surface area contributed by atoms with Crippen LogP contribution in [0.2, 0.25) is 0 Å². The zero-order chi connectivity index (χ0) is 36.9. The number of rotatable bonds is 3. The number of carbonyl (C=O) groups excluding carboxylic acids is 1. The summed E-state index contributed by atoms with van der Waals surface area (Å²) in [6, 6.07) is 21.8. The number of benzene rings is 3. The molecule has 1 N–H and O–H groups in total. The number of aryl methyl sites for hydroxylation is 2. The monoisotopic (exact) mass is 853 g/mol. The van der Waals surface area contributed by atoms with Gasteiger partial charge in [-0.15, -0.1) is 29.1 Å². The number of ketones is 1. The van der Waals surface area contributed by atoms with E-state index < -0.39 is 5.41 Å². The van der Waals surface area contributed by atoms with Gasteiger partial charge in [-0.1, -0.05) is 131 Å². The van der Waals surface area contributed by atoms with Gasteiger partial charge >= 0.3 is 0 Å². The van der Waals surface area contributed by atoms with Crippen LogP contribution in [0.1, 0.15) is 137 Å². The van der Waals surface area contributed by atoms with Gasteiger partial charge in [0.2, 0.25) is 0 Å². The molecule has 273 valence electrons. The SMILES string of the molecule is CC(C)(C)C(=O)/C=C(\O)C(C)(C)C.Cc1cc(C)c2c(C3CC(C)(C)CC(C)(C)C3)cc(-c3[c-]c4ccccc4c(C(C)(C)C)c3)nc2c1.[Ir]. The number of carbonyl (C=O) groups is 1. The summed E-state index contributed by atoms with van der Waals surface area (Å²) in [6.45, 7) is 32.3. The van der Waals surface area contributed by atoms with Gasteiger partial charge < -0.3 is 5.11 Å². The van der Waals surface area contributed by atoms with Crippen LogP contribution < -0.4 is 0 Å². The standard InChI is InChI=1S/C35H42N.C11H20O2.Ir/c1-22-14-23(2)32-28(26-19-34(6,7)21-35(8,9)20-26)18-30(36-31(32)15-22)25-16-24-12-10-11-13-27(24)29(17-25)33(3,4)5;1-10(2,3)8(12)7-9(13)11(4,5)6;/h10-15,17-18,26H,19-21H2,1-9H3;7,12H,1-6H3;/q-1;;/b;8-7-;. The number of pyridine rings is 1. The quantitative estimate of drug-likeness (QED) is 0.127. The molecule has 0 saturated heterocycles. The van der Waals surface area contributed by atoms with E-state index in [1.54, 1.807) is 0 Å². The third-order valence-electron chi connectivity index (χ3n) is 9.91. The van der Waals surface area contributed by atoms with Crippen LogP contribution in [0.25, 0.3) is 32.9 Å². The summed E-state index contributed by atoms with van der Waals surface area (Å²) in [7, 11) is 0. The molecule has 0 unspecified atom stereocenters. The summed E-state index contributed by atoms with van der Waals surface area (Å²) in [5.41, 5.74) is 8.67. The van der Waals surface area contributed by atoms with Gasteiger partial charge in [-0.25, -0.2) is 0 Å². The topological polar surface area (TPSA) is 50.2 Å². The van der Waals surface area contributed by atoms with Crippen LogP contribution in [0, 0.1) is 41.6 Å². The fraction of sp³-hybridized carbons (Fsp3) is 0.522. The van der Waals surface area contributed by atoms with Crippen molar-refractivity contribution in [1.29, 1.82) is 0 Å². The van der Waals surface area contributed by atoms with Crippen LogP contribution >= 0.6 is 0 Å². The van der Waals surface area contributed by atoms with Crippen LogP contribution in [-0.4, -0.2) is 15.9 Å². The van der Waals surface area contributed by atoms with Gasteiger partial charge in [0.05, 0.1) is 5.52 Å². The van der Waals surface area contributed by atoms with Crippen LogP contribution in [0.15, 0.2) is 60.4 Å². The van der Waals surface area contributed by atoms with Gasteiger partial charge in [-0.05, 0) is 78.0 Å². The Balaban J connectivity index is 0.000000414. The van der Waals surface area contributed by atoms with E-state index in [-0.39, 0.29) is 42.5 Å². The predicted octanol–water partition coefficient (Wildman–Crippen LogP) is 13.2. The first-order valence-corrected chi connectivity index (χ1v) is 18.1. The maximum Gasteiger partial charge on any atom is 0.164 e. The minimum absolute atomic E-state index is 0. The van der Waals surface area contributed by atoms with Gasteiger partial charge in [-0.2, -0.15) is 0 Å². The third-order valence-corrected chi connectivity index (χ3v) is 9.91. The fourth-order valence-corrected chi connectivity index (χ4v) is 7.86. The number of aliphatic hydroxyl groups excluding tert-OH is 1. The molecule has 1 aromatic heterocycles. The van der Waals surface area contributed by atoms with E-state index in [0.717, 1.165) is 16.8 Å². The summed E-state index contributed by atoms with van der Waals surface area (Å²) in [5.74, 6) is 0.629. The Bertz CT molecular complexity index is 1870. The average molecular weight is 853 g/mol. The number of aliphatic hydroxyl groups is 1. The first-order chi connectivity index (χ1) is 22.3. The van der Waals surface area contributed by atoms with Crippen LogP contribution in [-0.2, 0) is 30.3 Å². The molecule has 0 spiro atoms. The molecular formula is C46H62IrNO2-. The Labute approximate surface area is 317 Å². The molecule has 0 atom stereocenters. The van der Waals surface area contributed by atoms with Crippen LogP contribution in [0.5, 0.6) is 0 Å². The second-order valence-corrected chi connectivity index (χ2v) is 19.5. The summed E-state index contributed by atoms with van der Waals surface area (Å²) in [4.78, 5) is 16.8. The fourth-order valence-electron chi connectivity index (χ4n) is 7.86. The van der Waals surface area contributed by atoms with Crippen LogP contribution in [0.4, 0.5) is 0 Å². The van der Waals surface area contributed by atoms with Gasteiger partial charge in [0.15, 0.2) is 5.78 Å². The van der Waals surface area contributed by atoms with Crippen molar-refractivity contribution >= 4 is 27.5 Å². The van der Waals surface area contributed by atoms with Crippen molar-refractivity contribution in [2.24, 2.45) is 21.7 Å². The second-order valence-electron chi connectivity index (χ2n) is 19.5. The van der Waals surface area contributed by atoms with E-state index in [4.69, 9.17) is 4.98 Å².